The molecule has 0 spiro atoms. The molecule has 1 atom stereocenters. The molecule has 0 saturated heterocycles. The fourth-order valence-electron chi connectivity index (χ4n) is 7.68. The number of allylic oxidation sites excluding steroid dienone is 8. The molecule has 0 aliphatic rings. The molecule has 63 heavy (non-hydrogen) atoms. The monoisotopic (exact) mass is 883 g/mol. The van der Waals surface area contributed by atoms with Crippen molar-refractivity contribution in [3.8, 4) is 0 Å². The maximum absolute atomic E-state index is 12.8. The molecule has 366 valence electrons. The second kappa shape index (κ2) is 52.0. The Morgan fingerprint density at radius 1 is 0.317 bits per heavy atom. The molecule has 0 saturated carbocycles. The van der Waals surface area contributed by atoms with Crippen LogP contribution in [0.15, 0.2) is 48.6 Å². The molecule has 0 aromatic heterocycles. The van der Waals surface area contributed by atoms with Gasteiger partial charge in [-0.05, 0) is 83.5 Å². The Hall–Kier alpha value is -2.63. The summed E-state index contributed by atoms with van der Waals surface area (Å²) >= 11 is 0. The molecule has 0 aliphatic heterocycles. The summed E-state index contributed by atoms with van der Waals surface area (Å²) in [6.07, 6.45) is 62.3. The normalized spacial score (nSPS) is 12.4. The molecule has 0 bridgehead atoms. The summed E-state index contributed by atoms with van der Waals surface area (Å²) in [5, 5.41) is 0. The van der Waals surface area contributed by atoms with Gasteiger partial charge in [-0.3, -0.25) is 14.4 Å². The summed E-state index contributed by atoms with van der Waals surface area (Å²) in [5.41, 5.74) is 0. The van der Waals surface area contributed by atoms with Gasteiger partial charge in [-0.25, -0.2) is 0 Å². The van der Waals surface area contributed by atoms with Crippen molar-refractivity contribution in [1.29, 1.82) is 0 Å². The Bertz CT molecular complexity index is 1110. The van der Waals surface area contributed by atoms with Gasteiger partial charge < -0.3 is 14.2 Å². The minimum Gasteiger partial charge on any atom is -0.462 e. The lowest BCUT2D eigenvalue weighted by atomic mass is 10.0. The van der Waals surface area contributed by atoms with Crippen LogP contribution < -0.4 is 0 Å². The van der Waals surface area contributed by atoms with Gasteiger partial charge in [0.05, 0.1) is 0 Å². The first-order valence-corrected chi connectivity index (χ1v) is 27.1. The van der Waals surface area contributed by atoms with Gasteiger partial charge in [-0.15, -0.1) is 0 Å². The third kappa shape index (κ3) is 50.2. The van der Waals surface area contributed by atoms with Crippen LogP contribution in [-0.4, -0.2) is 37.2 Å². The number of carbonyl (C=O) groups excluding carboxylic acids is 3. The highest BCUT2D eigenvalue weighted by molar-refractivity contribution is 5.71. The maximum atomic E-state index is 12.8. The van der Waals surface area contributed by atoms with E-state index in [4.69, 9.17) is 14.2 Å². The molecule has 0 aromatic carbocycles. The van der Waals surface area contributed by atoms with Gasteiger partial charge in [0, 0.05) is 19.3 Å². The Balaban J connectivity index is 4.39. The molecule has 0 aliphatic carbocycles. The SMILES string of the molecule is CCCCC/C=C\C/C=C\C/C=C\CCCCCCC(=O)OC[C@H](COC(=O)CCCCCCCCCCCCCCCCC)OC(=O)CCCCCCC/C=C\CCCCCC. The third-order valence-electron chi connectivity index (χ3n) is 11.8. The van der Waals surface area contributed by atoms with Crippen LogP contribution in [0.5, 0.6) is 0 Å². The fourth-order valence-corrected chi connectivity index (χ4v) is 7.68. The molecular weight excluding hydrogens is 781 g/mol. The van der Waals surface area contributed by atoms with Crippen LogP contribution in [0.2, 0.25) is 0 Å². The molecule has 0 aromatic rings. The number of ether oxygens (including phenoxy) is 3. The largest absolute Gasteiger partial charge is 0.462 e. The minimum absolute atomic E-state index is 0.0812. The lowest BCUT2D eigenvalue weighted by Crippen LogP contribution is -2.30. The topological polar surface area (TPSA) is 78.9 Å². The van der Waals surface area contributed by atoms with Crippen molar-refractivity contribution in [1.82, 2.24) is 0 Å². The summed E-state index contributed by atoms with van der Waals surface area (Å²) < 4.78 is 16.8. The highest BCUT2D eigenvalue weighted by Gasteiger charge is 2.19. The van der Waals surface area contributed by atoms with Crippen LogP contribution in [0, 0.1) is 0 Å². The summed E-state index contributed by atoms with van der Waals surface area (Å²) in [5.74, 6) is -0.902. The number of carbonyl (C=O) groups is 3. The van der Waals surface area contributed by atoms with E-state index in [9.17, 15) is 14.4 Å². The molecule has 0 N–H and O–H groups in total. The van der Waals surface area contributed by atoms with Crippen molar-refractivity contribution in [2.24, 2.45) is 0 Å². The van der Waals surface area contributed by atoms with E-state index in [1.807, 2.05) is 0 Å². The second-order valence-corrected chi connectivity index (χ2v) is 18.1. The van der Waals surface area contributed by atoms with Crippen molar-refractivity contribution in [3.05, 3.63) is 48.6 Å². The molecule has 0 fully saturated rings. The Kier molecular flexibility index (Phi) is 49.8. The minimum atomic E-state index is -0.783. The first-order chi connectivity index (χ1) is 31.0. The lowest BCUT2D eigenvalue weighted by Gasteiger charge is -2.18. The Labute approximate surface area is 390 Å². The zero-order valence-corrected chi connectivity index (χ0v) is 41.8. The van der Waals surface area contributed by atoms with E-state index in [1.54, 1.807) is 0 Å². The van der Waals surface area contributed by atoms with Gasteiger partial charge in [0.2, 0.25) is 0 Å². The van der Waals surface area contributed by atoms with Crippen molar-refractivity contribution in [2.75, 3.05) is 13.2 Å². The van der Waals surface area contributed by atoms with Crippen molar-refractivity contribution in [3.63, 3.8) is 0 Å². The first kappa shape index (κ1) is 60.4. The number of hydrogen-bond donors (Lipinski definition) is 0. The summed E-state index contributed by atoms with van der Waals surface area (Å²) in [7, 11) is 0. The van der Waals surface area contributed by atoms with Crippen molar-refractivity contribution < 1.29 is 28.6 Å². The Morgan fingerprint density at radius 2 is 0.571 bits per heavy atom. The van der Waals surface area contributed by atoms with E-state index in [0.717, 1.165) is 96.3 Å². The first-order valence-electron chi connectivity index (χ1n) is 27.1. The van der Waals surface area contributed by atoms with Crippen LogP contribution in [0.4, 0.5) is 0 Å². The van der Waals surface area contributed by atoms with E-state index in [1.165, 1.54) is 141 Å². The molecule has 6 nitrogen and oxygen atoms in total. The highest BCUT2D eigenvalue weighted by atomic mass is 16.6. The van der Waals surface area contributed by atoms with Gasteiger partial charge >= 0.3 is 17.9 Å². The summed E-state index contributed by atoms with van der Waals surface area (Å²) in [6.45, 7) is 6.59. The lowest BCUT2D eigenvalue weighted by molar-refractivity contribution is -0.167. The second-order valence-electron chi connectivity index (χ2n) is 18.1. The summed E-state index contributed by atoms with van der Waals surface area (Å²) in [4.78, 5) is 38.0. The van der Waals surface area contributed by atoms with Crippen LogP contribution in [-0.2, 0) is 28.6 Å². The summed E-state index contributed by atoms with van der Waals surface area (Å²) in [6, 6.07) is 0. The number of hydrogen-bond acceptors (Lipinski definition) is 6. The van der Waals surface area contributed by atoms with Crippen LogP contribution in [0.25, 0.3) is 0 Å². The smallest absolute Gasteiger partial charge is 0.306 e. The number of esters is 3. The highest BCUT2D eigenvalue weighted by Crippen LogP contribution is 2.15. The molecule has 0 rings (SSSR count). The Morgan fingerprint density at radius 3 is 0.952 bits per heavy atom. The van der Waals surface area contributed by atoms with Gasteiger partial charge in [0.1, 0.15) is 13.2 Å². The van der Waals surface area contributed by atoms with Gasteiger partial charge in [0.15, 0.2) is 6.10 Å². The molecule has 0 unspecified atom stereocenters. The van der Waals surface area contributed by atoms with Crippen molar-refractivity contribution >= 4 is 17.9 Å². The predicted octanol–water partition coefficient (Wildman–Crippen LogP) is 17.9. The van der Waals surface area contributed by atoms with Crippen LogP contribution in [0.1, 0.15) is 278 Å². The van der Waals surface area contributed by atoms with Gasteiger partial charge in [-0.1, -0.05) is 223 Å². The quantitative estimate of drug-likeness (QED) is 0.0262. The van der Waals surface area contributed by atoms with E-state index in [-0.39, 0.29) is 31.1 Å². The number of unbranched alkanes of at least 4 members (excludes halogenated alkanes) is 30. The number of rotatable bonds is 49. The molecule has 6 heteroatoms. The molecule has 0 radical (unpaired) electrons. The maximum Gasteiger partial charge on any atom is 0.306 e. The van der Waals surface area contributed by atoms with Crippen LogP contribution in [0.3, 0.4) is 0 Å². The molecule has 0 amide bonds. The fraction of sp³-hybridized carbons (Fsp3) is 0.807. The standard InChI is InChI=1S/C57H102O6/c1-4-7-10-13-16-19-22-25-27-28-30-33-35-38-41-44-47-50-56(59)62-53-54(63-57(60)51-48-45-42-39-36-31-24-21-18-15-12-9-6-3)52-61-55(58)49-46-43-40-37-34-32-29-26-23-20-17-14-11-8-5-2/h16,19,21,24-25,27,30,33,54H,4-15,17-18,20,22-23,26,28-29,31-32,34-53H2,1-3H3/b19-16-,24-21-,27-25-,33-30-/t54-/m0/s1. The predicted molar refractivity (Wildman–Crippen MR) is 270 cm³/mol. The van der Waals surface area contributed by atoms with E-state index in [0.29, 0.717) is 19.3 Å². The average Bonchev–Trinajstić information content (AvgIpc) is 3.28. The van der Waals surface area contributed by atoms with Crippen LogP contribution >= 0.6 is 0 Å². The van der Waals surface area contributed by atoms with E-state index < -0.39 is 6.10 Å². The van der Waals surface area contributed by atoms with E-state index in [2.05, 4.69) is 69.4 Å². The molecular formula is C57H102O6. The van der Waals surface area contributed by atoms with Crippen molar-refractivity contribution in [2.45, 2.75) is 284 Å². The average molecular weight is 883 g/mol. The third-order valence-corrected chi connectivity index (χ3v) is 11.8. The zero-order valence-electron chi connectivity index (χ0n) is 41.8. The zero-order chi connectivity index (χ0) is 45.8. The molecule has 0 heterocycles. The van der Waals surface area contributed by atoms with Gasteiger partial charge in [0.25, 0.3) is 0 Å². The van der Waals surface area contributed by atoms with E-state index >= 15 is 0 Å². The van der Waals surface area contributed by atoms with Gasteiger partial charge in [-0.2, -0.15) is 0 Å².